The molecule has 25 heavy (non-hydrogen) atoms. The molecule has 2 aromatic rings. The quantitative estimate of drug-likeness (QED) is 0.837. The number of fused-ring (bicyclic) bond motifs is 3. The van der Waals surface area contributed by atoms with Gasteiger partial charge in [-0.3, -0.25) is 9.69 Å². The number of aliphatic hydroxyl groups excluding tert-OH is 1. The molecule has 0 spiro atoms. The molecule has 0 aliphatic carbocycles. The molecule has 1 fully saturated rings. The molecular formula is C18H24N4O3. The third kappa shape index (κ3) is 2.54. The molecule has 1 amide bonds. The van der Waals surface area contributed by atoms with E-state index in [1.54, 1.807) is 4.90 Å². The number of hydrogen-bond acceptors (Lipinski definition) is 5. The number of aryl methyl sites for hydroxylation is 2. The van der Waals surface area contributed by atoms with Crippen molar-refractivity contribution in [3.8, 4) is 0 Å². The lowest BCUT2D eigenvalue weighted by Gasteiger charge is -2.43. The van der Waals surface area contributed by atoms with Crippen molar-refractivity contribution in [3.63, 3.8) is 0 Å². The number of aromatic nitrogens is 2. The minimum atomic E-state index is -0.630. The molecule has 2 aliphatic heterocycles. The van der Waals surface area contributed by atoms with Crippen molar-refractivity contribution in [3.05, 3.63) is 29.2 Å². The van der Waals surface area contributed by atoms with E-state index in [1.807, 2.05) is 30.5 Å². The molecule has 0 unspecified atom stereocenters. The normalized spacial score (nSPS) is 24.6. The molecule has 0 saturated carbocycles. The van der Waals surface area contributed by atoms with Crippen LogP contribution >= 0.6 is 0 Å². The molecule has 2 aromatic heterocycles. The number of pyridine rings is 1. The zero-order chi connectivity index (χ0) is 17.7. The maximum atomic E-state index is 12.3. The smallest absolute Gasteiger partial charge is 0.224 e. The van der Waals surface area contributed by atoms with Gasteiger partial charge in [0.2, 0.25) is 5.91 Å². The van der Waals surface area contributed by atoms with Crippen LogP contribution in [0.3, 0.4) is 0 Å². The first-order chi connectivity index (χ1) is 12.0. The van der Waals surface area contributed by atoms with Gasteiger partial charge in [-0.25, -0.2) is 4.98 Å². The van der Waals surface area contributed by atoms with Crippen LogP contribution in [0.1, 0.15) is 29.9 Å². The first kappa shape index (κ1) is 16.5. The fraction of sp³-hybridized carbons (Fsp3) is 0.556. The van der Waals surface area contributed by atoms with Gasteiger partial charge in [-0.05, 0) is 19.9 Å². The maximum Gasteiger partial charge on any atom is 0.224 e. The maximum absolute atomic E-state index is 12.3. The van der Waals surface area contributed by atoms with Crippen LogP contribution in [0, 0.1) is 13.8 Å². The minimum absolute atomic E-state index is 0.0767. The average Bonchev–Trinajstić information content (AvgIpc) is 2.89. The molecule has 2 atom stereocenters. The molecule has 0 radical (unpaired) electrons. The van der Waals surface area contributed by atoms with Gasteiger partial charge in [-0.1, -0.05) is 0 Å². The largest absolute Gasteiger partial charge is 0.389 e. The number of carbonyl (C=O) groups excluding carboxylic acids is 1. The number of amides is 1. The molecule has 0 bridgehead atoms. The van der Waals surface area contributed by atoms with Gasteiger partial charge < -0.3 is 19.1 Å². The fourth-order valence-electron chi connectivity index (χ4n) is 4.02. The summed E-state index contributed by atoms with van der Waals surface area (Å²) in [4.78, 5) is 20.9. The van der Waals surface area contributed by atoms with Crippen LogP contribution in [0.4, 0.5) is 5.69 Å². The van der Waals surface area contributed by atoms with Gasteiger partial charge in [0.05, 0.1) is 43.3 Å². The van der Waals surface area contributed by atoms with Crippen LogP contribution in [0.5, 0.6) is 0 Å². The summed E-state index contributed by atoms with van der Waals surface area (Å²) in [7, 11) is 0. The highest BCUT2D eigenvalue weighted by atomic mass is 16.5. The summed E-state index contributed by atoms with van der Waals surface area (Å²) < 4.78 is 7.48. The van der Waals surface area contributed by atoms with Gasteiger partial charge in [0.1, 0.15) is 0 Å². The van der Waals surface area contributed by atoms with Crippen molar-refractivity contribution >= 4 is 17.2 Å². The summed E-state index contributed by atoms with van der Waals surface area (Å²) in [6, 6.07) is 1.88. The van der Waals surface area contributed by atoms with Gasteiger partial charge in [0.15, 0.2) is 5.65 Å². The summed E-state index contributed by atoms with van der Waals surface area (Å²) >= 11 is 0. The summed E-state index contributed by atoms with van der Waals surface area (Å²) in [6.45, 7) is 8.71. The number of morpholine rings is 1. The summed E-state index contributed by atoms with van der Waals surface area (Å²) in [5.41, 5.74) is 4.59. The average molecular weight is 344 g/mol. The number of hydrogen-bond donors (Lipinski definition) is 1. The lowest BCUT2D eigenvalue weighted by Crippen LogP contribution is -2.51. The van der Waals surface area contributed by atoms with Crippen molar-refractivity contribution in [1.82, 2.24) is 14.3 Å². The summed E-state index contributed by atoms with van der Waals surface area (Å²) in [6.07, 6.45) is 1.36. The Labute approximate surface area is 146 Å². The van der Waals surface area contributed by atoms with E-state index in [-0.39, 0.29) is 18.5 Å². The van der Waals surface area contributed by atoms with Crippen molar-refractivity contribution in [2.45, 2.75) is 32.9 Å². The standard InChI is InChI=1S/C18H24N4O3/c1-11-12(2)21-5-4-14-16(20-6-8-25-9-7-20)15(24)10-22(13(3)23)17(14)18(21)19-11/h4-5,15-16,24H,6-10H2,1-3H3/t15-,16+/m0/s1. The highest BCUT2D eigenvalue weighted by molar-refractivity contribution is 5.97. The van der Waals surface area contributed by atoms with E-state index in [4.69, 9.17) is 9.72 Å². The van der Waals surface area contributed by atoms with Crippen LogP contribution in [0.15, 0.2) is 12.3 Å². The number of anilines is 1. The van der Waals surface area contributed by atoms with Crippen LogP contribution in [0.25, 0.3) is 5.65 Å². The number of carbonyl (C=O) groups is 1. The van der Waals surface area contributed by atoms with Crippen LogP contribution in [-0.2, 0) is 9.53 Å². The second-order valence-corrected chi connectivity index (χ2v) is 6.89. The Balaban J connectivity index is 1.92. The SMILES string of the molecule is CC(=O)N1C[C@H](O)[C@H](N2CCOCC2)c2ccn3c(C)c(C)nc3c21. The Bertz CT molecular complexity index is 825. The van der Waals surface area contributed by atoms with Crippen molar-refractivity contribution < 1.29 is 14.6 Å². The van der Waals surface area contributed by atoms with Gasteiger partial charge in [0, 0.05) is 37.5 Å². The summed E-state index contributed by atoms with van der Waals surface area (Å²) in [5.74, 6) is -0.0767. The molecule has 7 nitrogen and oxygen atoms in total. The number of imidazole rings is 1. The zero-order valence-corrected chi connectivity index (χ0v) is 14.9. The molecule has 1 saturated heterocycles. The number of rotatable bonds is 1. The molecule has 7 heteroatoms. The third-order valence-corrected chi connectivity index (χ3v) is 5.42. The molecule has 4 heterocycles. The van der Waals surface area contributed by atoms with E-state index in [0.29, 0.717) is 13.2 Å². The zero-order valence-electron chi connectivity index (χ0n) is 14.9. The predicted molar refractivity (Wildman–Crippen MR) is 93.8 cm³/mol. The molecule has 134 valence electrons. The van der Waals surface area contributed by atoms with E-state index in [1.165, 1.54) is 6.92 Å². The number of β-amino-alcohol motifs (C(OH)–C–C–N with tert-alkyl or cyclic N) is 1. The van der Waals surface area contributed by atoms with Gasteiger partial charge in [-0.15, -0.1) is 0 Å². The first-order valence-corrected chi connectivity index (χ1v) is 8.75. The molecule has 1 N–H and O–H groups in total. The molecule has 0 aromatic carbocycles. The third-order valence-electron chi connectivity index (χ3n) is 5.42. The number of aliphatic hydroxyl groups is 1. The van der Waals surface area contributed by atoms with Crippen molar-refractivity contribution in [1.29, 1.82) is 0 Å². The lowest BCUT2D eigenvalue weighted by molar-refractivity contribution is -0.117. The highest BCUT2D eigenvalue weighted by Crippen LogP contribution is 2.40. The van der Waals surface area contributed by atoms with Crippen molar-refractivity contribution in [2.75, 3.05) is 37.7 Å². The lowest BCUT2D eigenvalue weighted by atomic mass is 9.93. The minimum Gasteiger partial charge on any atom is -0.389 e. The Kier molecular flexibility index (Phi) is 4.02. The molecule has 4 rings (SSSR count). The Morgan fingerprint density at radius 1 is 1.32 bits per heavy atom. The number of ether oxygens (including phenoxy) is 1. The van der Waals surface area contributed by atoms with E-state index >= 15 is 0 Å². The van der Waals surface area contributed by atoms with Gasteiger partial charge in [-0.2, -0.15) is 0 Å². The topological polar surface area (TPSA) is 70.3 Å². The predicted octanol–water partition coefficient (Wildman–Crippen LogP) is 1.05. The first-order valence-electron chi connectivity index (χ1n) is 8.75. The van der Waals surface area contributed by atoms with Gasteiger partial charge >= 0.3 is 0 Å². The molecule has 2 aliphatic rings. The van der Waals surface area contributed by atoms with Gasteiger partial charge in [0.25, 0.3) is 0 Å². The summed E-state index contributed by atoms with van der Waals surface area (Å²) in [5, 5.41) is 10.8. The van der Waals surface area contributed by atoms with Crippen molar-refractivity contribution in [2.24, 2.45) is 0 Å². The van der Waals surface area contributed by atoms with E-state index in [0.717, 1.165) is 41.4 Å². The number of nitrogens with zero attached hydrogens (tertiary/aromatic N) is 4. The Hall–Kier alpha value is -1.96. The Morgan fingerprint density at radius 2 is 2.04 bits per heavy atom. The monoisotopic (exact) mass is 344 g/mol. The fourth-order valence-corrected chi connectivity index (χ4v) is 4.02. The van der Waals surface area contributed by atoms with E-state index in [2.05, 4.69) is 4.90 Å². The Morgan fingerprint density at radius 3 is 2.72 bits per heavy atom. The van der Waals surface area contributed by atoms with Crippen LogP contribution in [-0.4, -0.2) is 64.3 Å². The van der Waals surface area contributed by atoms with E-state index < -0.39 is 6.10 Å². The second kappa shape index (κ2) is 6.09. The second-order valence-electron chi connectivity index (χ2n) is 6.89. The molecular weight excluding hydrogens is 320 g/mol. The van der Waals surface area contributed by atoms with E-state index in [9.17, 15) is 9.90 Å². The highest BCUT2D eigenvalue weighted by Gasteiger charge is 2.39. The van der Waals surface area contributed by atoms with Crippen LogP contribution < -0.4 is 4.90 Å². The van der Waals surface area contributed by atoms with Crippen LogP contribution in [0.2, 0.25) is 0 Å².